The molecule has 7 heavy (non-hydrogen) atoms. The Kier molecular flexibility index (Phi) is 0.487. The Hall–Kier alpha value is -0.0400. The molecule has 0 aliphatic heterocycles. The molecule has 2 unspecified atom stereocenters. The van der Waals surface area contributed by atoms with Crippen LogP contribution < -0.4 is 0 Å². The molecule has 2 rings (SSSR count). The molecule has 0 amide bonds. The summed E-state index contributed by atoms with van der Waals surface area (Å²) in [5, 5.41) is 8.69. The fraction of sp³-hybridized carbons (Fsp3) is 1.00. The van der Waals surface area contributed by atoms with Crippen molar-refractivity contribution in [3.05, 3.63) is 0 Å². The topological polar surface area (TPSA) is 20.2 Å². The quantitative estimate of drug-likeness (QED) is 0.513. The van der Waals surface area contributed by atoms with E-state index in [1.54, 1.807) is 0 Å². The molecular formula is C6H10O. The summed E-state index contributed by atoms with van der Waals surface area (Å²) >= 11 is 0. The minimum Gasteiger partial charge on any atom is -0.396 e. The fourth-order valence-corrected chi connectivity index (χ4v) is 1.67. The van der Waals surface area contributed by atoms with Crippen LogP contribution in [0, 0.1) is 11.3 Å². The van der Waals surface area contributed by atoms with Gasteiger partial charge in [-0.25, -0.2) is 0 Å². The van der Waals surface area contributed by atoms with Gasteiger partial charge in [-0.15, -0.1) is 0 Å². The van der Waals surface area contributed by atoms with Gasteiger partial charge in [0.05, 0.1) is 0 Å². The Labute approximate surface area is 43.3 Å². The van der Waals surface area contributed by atoms with Gasteiger partial charge in [-0.3, -0.25) is 0 Å². The number of hydrogen-bond acceptors (Lipinski definition) is 1. The van der Waals surface area contributed by atoms with Crippen LogP contribution in [0.4, 0.5) is 0 Å². The van der Waals surface area contributed by atoms with Gasteiger partial charge in [0.2, 0.25) is 0 Å². The SMILES string of the molecule is OCC12CCC1C2. The average Bonchev–Trinajstić information content (AvgIpc) is 2.12. The zero-order valence-electron chi connectivity index (χ0n) is 4.35. The second-order valence-electron chi connectivity index (χ2n) is 2.96. The molecule has 2 fully saturated rings. The van der Waals surface area contributed by atoms with E-state index in [-0.39, 0.29) is 0 Å². The summed E-state index contributed by atoms with van der Waals surface area (Å²) in [6, 6.07) is 0. The summed E-state index contributed by atoms with van der Waals surface area (Å²) in [5.41, 5.74) is 0.486. The lowest BCUT2D eigenvalue weighted by molar-refractivity contribution is 0.145. The normalized spacial score (nSPS) is 55.3. The Morgan fingerprint density at radius 2 is 2.57 bits per heavy atom. The molecule has 0 aromatic carbocycles. The first-order valence-corrected chi connectivity index (χ1v) is 2.98. The maximum absolute atomic E-state index is 8.69. The summed E-state index contributed by atoms with van der Waals surface area (Å²) in [5.74, 6) is 0.942. The molecule has 0 saturated heterocycles. The molecule has 1 heteroatoms. The first-order valence-electron chi connectivity index (χ1n) is 2.98. The highest BCUT2D eigenvalue weighted by Gasteiger charge is 2.60. The molecule has 0 spiro atoms. The van der Waals surface area contributed by atoms with Crippen molar-refractivity contribution in [1.29, 1.82) is 0 Å². The van der Waals surface area contributed by atoms with Gasteiger partial charge in [-0.05, 0) is 30.6 Å². The first-order chi connectivity index (χ1) is 3.37. The van der Waals surface area contributed by atoms with E-state index in [1.165, 1.54) is 19.3 Å². The van der Waals surface area contributed by atoms with Crippen molar-refractivity contribution in [1.82, 2.24) is 0 Å². The number of aliphatic hydroxyl groups excluding tert-OH is 1. The second kappa shape index (κ2) is 0.873. The van der Waals surface area contributed by atoms with E-state index in [4.69, 9.17) is 5.11 Å². The van der Waals surface area contributed by atoms with Crippen LogP contribution in [0.25, 0.3) is 0 Å². The highest BCUT2D eigenvalue weighted by atomic mass is 16.3. The van der Waals surface area contributed by atoms with Gasteiger partial charge in [-0.1, -0.05) is 0 Å². The van der Waals surface area contributed by atoms with E-state index in [9.17, 15) is 0 Å². The molecule has 2 aliphatic rings. The van der Waals surface area contributed by atoms with E-state index in [2.05, 4.69) is 0 Å². The molecule has 2 atom stereocenters. The second-order valence-corrected chi connectivity index (χ2v) is 2.96. The zero-order valence-corrected chi connectivity index (χ0v) is 4.35. The molecule has 0 heterocycles. The standard InChI is InChI=1S/C6H10O/c7-4-6-2-1-5(6)3-6/h5,7H,1-4H2. The third-order valence-electron chi connectivity index (χ3n) is 2.66. The van der Waals surface area contributed by atoms with E-state index < -0.39 is 0 Å². The van der Waals surface area contributed by atoms with Crippen LogP contribution in [-0.2, 0) is 0 Å². The zero-order chi connectivity index (χ0) is 4.91. The lowest BCUT2D eigenvalue weighted by Gasteiger charge is -2.21. The third-order valence-corrected chi connectivity index (χ3v) is 2.66. The van der Waals surface area contributed by atoms with Crippen molar-refractivity contribution < 1.29 is 5.11 Å². The van der Waals surface area contributed by atoms with Gasteiger partial charge >= 0.3 is 0 Å². The summed E-state index contributed by atoms with van der Waals surface area (Å²) in [4.78, 5) is 0. The molecule has 0 aromatic rings. The fourth-order valence-electron chi connectivity index (χ4n) is 1.67. The van der Waals surface area contributed by atoms with E-state index in [0.717, 1.165) is 5.92 Å². The monoisotopic (exact) mass is 98.1 g/mol. The number of aliphatic hydroxyl groups is 1. The van der Waals surface area contributed by atoms with Crippen LogP contribution in [0.5, 0.6) is 0 Å². The maximum atomic E-state index is 8.69. The van der Waals surface area contributed by atoms with Crippen LogP contribution in [0.2, 0.25) is 0 Å². The molecule has 40 valence electrons. The predicted molar refractivity (Wildman–Crippen MR) is 26.9 cm³/mol. The Morgan fingerprint density at radius 3 is 2.57 bits per heavy atom. The Morgan fingerprint density at radius 1 is 1.71 bits per heavy atom. The Bertz CT molecular complexity index is 90.8. The minimum atomic E-state index is 0.456. The maximum Gasteiger partial charge on any atom is 0.0490 e. The number of hydrogen-bond donors (Lipinski definition) is 1. The summed E-state index contributed by atoms with van der Waals surface area (Å²) in [6.45, 7) is 0.456. The molecule has 2 aliphatic carbocycles. The van der Waals surface area contributed by atoms with Crippen molar-refractivity contribution in [3.8, 4) is 0 Å². The molecule has 1 N–H and O–H groups in total. The van der Waals surface area contributed by atoms with Gasteiger partial charge in [0.15, 0.2) is 0 Å². The van der Waals surface area contributed by atoms with Crippen molar-refractivity contribution in [2.24, 2.45) is 11.3 Å². The van der Waals surface area contributed by atoms with Gasteiger partial charge in [-0.2, -0.15) is 0 Å². The Balaban J connectivity index is 2.06. The largest absolute Gasteiger partial charge is 0.396 e. The van der Waals surface area contributed by atoms with Crippen molar-refractivity contribution in [3.63, 3.8) is 0 Å². The van der Waals surface area contributed by atoms with Crippen molar-refractivity contribution in [2.45, 2.75) is 19.3 Å². The molecule has 0 radical (unpaired) electrons. The van der Waals surface area contributed by atoms with Crippen LogP contribution in [-0.4, -0.2) is 11.7 Å². The highest BCUT2D eigenvalue weighted by Crippen LogP contribution is 2.66. The average molecular weight is 98.1 g/mol. The lowest BCUT2D eigenvalue weighted by Crippen LogP contribution is -2.17. The van der Waals surface area contributed by atoms with Crippen LogP contribution in [0.1, 0.15) is 19.3 Å². The van der Waals surface area contributed by atoms with Gasteiger partial charge in [0.25, 0.3) is 0 Å². The summed E-state index contributed by atoms with van der Waals surface area (Å²) in [6.07, 6.45) is 4.01. The third kappa shape index (κ3) is 0.290. The number of rotatable bonds is 1. The van der Waals surface area contributed by atoms with Crippen LogP contribution in [0.3, 0.4) is 0 Å². The number of fused-ring (bicyclic) bond motifs is 1. The van der Waals surface area contributed by atoms with Crippen LogP contribution >= 0.6 is 0 Å². The highest BCUT2D eigenvalue weighted by molar-refractivity contribution is 5.09. The summed E-state index contributed by atoms with van der Waals surface area (Å²) < 4.78 is 0. The smallest absolute Gasteiger partial charge is 0.0490 e. The van der Waals surface area contributed by atoms with Crippen LogP contribution in [0.15, 0.2) is 0 Å². The minimum absolute atomic E-state index is 0.456. The van der Waals surface area contributed by atoms with E-state index >= 15 is 0 Å². The molecule has 1 nitrogen and oxygen atoms in total. The molecular weight excluding hydrogens is 88.1 g/mol. The van der Waals surface area contributed by atoms with Crippen molar-refractivity contribution >= 4 is 0 Å². The summed E-state index contributed by atoms with van der Waals surface area (Å²) in [7, 11) is 0. The predicted octanol–water partition coefficient (Wildman–Crippen LogP) is 0.779. The van der Waals surface area contributed by atoms with E-state index in [0.29, 0.717) is 12.0 Å². The lowest BCUT2D eigenvalue weighted by atomic mass is 9.86. The van der Waals surface area contributed by atoms with Gasteiger partial charge in [0, 0.05) is 6.61 Å². The molecule has 0 bridgehead atoms. The van der Waals surface area contributed by atoms with E-state index in [1.807, 2.05) is 0 Å². The van der Waals surface area contributed by atoms with Gasteiger partial charge in [0.1, 0.15) is 0 Å². The van der Waals surface area contributed by atoms with Crippen molar-refractivity contribution in [2.75, 3.05) is 6.61 Å². The molecule has 2 saturated carbocycles. The first kappa shape index (κ1) is 3.90. The molecule has 0 aromatic heterocycles. The van der Waals surface area contributed by atoms with Gasteiger partial charge < -0.3 is 5.11 Å².